The molecule has 3 rings (SSSR count). The maximum Gasteiger partial charge on any atom is 0.253 e. The van der Waals surface area contributed by atoms with Gasteiger partial charge in [-0.05, 0) is 36.4 Å². The minimum Gasteiger partial charge on any atom is -0.493 e. The van der Waals surface area contributed by atoms with E-state index in [1.54, 1.807) is 42.7 Å². The van der Waals surface area contributed by atoms with E-state index < -0.39 is 0 Å². The molecular weight excluding hydrogens is 344 g/mol. The second kappa shape index (κ2) is 9.24. The molecule has 2 aromatic carbocycles. The molecule has 0 atom stereocenters. The quantitative estimate of drug-likeness (QED) is 0.640. The van der Waals surface area contributed by atoms with Crippen molar-refractivity contribution in [3.05, 3.63) is 84.3 Å². The lowest BCUT2D eigenvalue weighted by Gasteiger charge is -2.11. The number of hydrogen-bond acceptors (Lipinski definition) is 4. The molecule has 138 valence electrons. The third-order valence-electron chi connectivity index (χ3n) is 3.79. The molecule has 0 radical (unpaired) electrons. The summed E-state index contributed by atoms with van der Waals surface area (Å²) in [7, 11) is 0. The first kappa shape index (κ1) is 18.3. The lowest BCUT2D eigenvalue weighted by molar-refractivity contribution is -0.116. The average molecular weight is 364 g/mol. The van der Waals surface area contributed by atoms with Crippen LogP contribution in [0.2, 0.25) is 0 Å². The molecule has 0 saturated carbocycles. The van der Waals surface area contributed by atoms with E-state index in [0.29, 0.717) is 22.8 Å². The predicted octanol–water partition coefficient (Wildman–Crippen LogP) is 3.62. The number of para-hydroxylation sites is 2. The number of ether oxygens (including phenoxy) is 1. The van der Waals surface area contributed by atoms with E-state index in [1.165, 1.54) is 0 Å². The number of anilines is 1. The van der Waals surface area contributed by atoms with Crippen LogP contribution in [0.25, 0.3) is 0 Å². The summed E-state index contributed by atoms with van der Waals surface area (Å²) < 4.78 is 10.7. The van der Waals surface area contributed by atoms with Gasteiger partial charge in [-0.15, -0.1) is 0 Å². The second-order valence-corrected chi connectivity index (χ2v) is 5.77. The molecular formula is C21H20N2O4. The third kappa shape index (κ3) is 5.47. The fraction of sp³-hybridized carbons (Fsp3) is 0.143. The van der Waals surface area contributed by atoms with Gasteiger partial charge >= 0.3 is 0 Å². The van der Waals surface area contributed by atoms with Crippen LogP contribution in [0.5, 0.6) is 5.75 Å². The Morgan fingerprint density at radius 3 is 2.48 bits per heavy atom. The molecule has 0 aliphatic carbocycles. The number of benzene rings is 2. The summed E-state index contributed by atoms with van der Waals surface area (Å²) in [5.74, 6) is 0.853. The zero-order valence-electron chi connectivity index (χ0n) is 14.7. The standard InChI is InChI=1S/C21H20N2O4/c24-20(12-14-27-16-7-2-1-3-8-16)23-19-11-5-4-10-18(19)21(25)22-15-17-9-6-13-26-17/h1-11,13H,12,14-15H2,(H,22,25)(H,23,24). The molecule has 0 unspecified atom stereocenters. The smallest absolute Gasteiger partial charge is 0.253 e. The number of carbonyl (C=O) groups excluding carboxylic acids is 2. The van der Waals surface area contributed by atoms with Crippen molar-refractivity contribution in [2.24, 2.45) is 0 Å². The van der Waals surface area contributed by atoms with Crippen LogP contribution in [0.1, 0.15) is 22.5 Å². The van der Waals surface area contributed by atoms with E-state index in [9.17, 15) is 9.59 Å². The predicted molar refractivity (Wildman–Crippen MR) is 102 cm³/mol. The van der Waals surface area contributed by atoms with Crippen LogP contribution in [0.15, 0.2) is 77.4 Å². The SMILES string of the molecule is O=C(CCOc1ccccc1)Nc1ccccc1C(=O)NCc1ccco1. The van der Waals surface area contributed by atoms with Crippen molar-refractivity contribution in [2.45, 2.75) is 13.0 Å². The topological polar surface area (TPSA) is 80.6 Å². The van der Waals surface area contributed by atoms with Crippen molar-refractivity contribution < 1.29 is 18.7 Å². The van der Waals surface area contributed by atoms with Crippen LogP contribution in [-0.2, 0) is 11.3 Å². The molecule has 27 heavy (non-hydrogen) atoms. The molecule has 0 saturated heterocycles. The van der Waals surface area contributed by atoms with Crippen LogP contribution in [-0.4, -0.2) is 18.4 Å². The molecule has 3 aromatic rings. The number of amides is 2. The minimum absolute atomic E-state index is 0.178. The first-order valence-corrected chi connectivity index (χ1v) is 8.59. The molecule has 1 heterocycles. The first-order chi connectivity index (χ1) is 13.2. The van der Waals surface area contributed by atoms with Gasteiger partial charge in [-0.3, -0.25) is 9.59 Å². The molecule has 2 amide bonds. The Labute approximate surface area is 157 Å². The van der Waals surface area contributed by atoms with Gasteiger partial charge in [-0.2, -0.15) is 0 Å². The highest BCUT2D eigenvalue weighted by molar-refractivity contribution is 6.03. The van der Waals surface area contributed by atoms with Crippen LogP contribution in [0.4, 0.5) is 5.69 Å². The highest BCUT2D eigenvalue weighted by atomic mass is 16.5. The molecule has 2 N–H and O–H groups in total. The zero-order valence-corrected chi connectivity index (χ0v) is 14.7. The Morgan fingerprint density at radius 2 is 1.70 bits per heavy atom. The fourth-order valence-corrected chi connectivity index (χ4v) is 2.46. The lowest BCUT2D eigenvalue weighted by Crippen LogP contribution is -2.25. The fourth-order valence-electron chi connectivity index (χ4n) is 2.46. The van der Waals surface area contributed by atoms with Crippen molar-refractivity contribution in [3.8, 4) is 5.75 Å². The maximum absolute atomic E-state index is 12.4. The van der Waals surface area contributed by atoms with Crippen LogP contribution >= 0.6 is 0 Å². The van der Waals surface area contributed by atoms with Gasteiger partial charge in [0.05, 0.1) is 37.1 Å². The summed E-state index contributed by atoms with van der Waals surface area (Å²) in [5, 5.41) is 5.54. The van der Waals surface area contributed by atoms with Gasteiger partial charge in [0.15, 0.2) is 0 Å². The van der Waals surface area contributed by atoms with E-state index in [4.69, 9.17) is 9.15 Å². The highest BCUT2D eigenvalue weighted by Crippen LogP contribution is 2.16. The normalized spacial score (nSPS) is 10.2. The van der Waals surface area contributed by atoms with Gasteiger partial charge in [0.1, 0.15) is 11.5 Å². The van der Waals surface area contributed by atoms with Gasteiger partial charge in [0, 0.05) is 0 Å². The van der Waals surface area contributed by atoms with Crippen molar-refractivity contribution in [1.82, 2.24) is 5.32 Å². The zero-order chi connectivity index (χ0) is 18.9. The van der Waals surface area contributed by atoms with Gasteiger partial charge in [0.25, 0.3) is 5.91 Å². The summed E-state index contributed by atoms with van der Waals surface area (Å²) in [4.78, 5) is 24.6. The van der Waals surface area contributed by atoms with Crippen LogP contribution < -0.4 is 15.4 Å². The number of hydrogen-bond donors (Lipinski definition) is 2. The number of rotatable bonds is 8. The monoisotopic (exact) mass is 364 g/mol. The number of carbonyl (C=O) groups is 2. The summed E-state index contributed by atoms with van der Waals surface area (Å²) in [6, 6.07) is 19.7. The van der Waals surface area contributed by atoms with Crippen molar-refractivity contribution >= 4 is 17.5 Å². The van der Waals surface area contributed by atoms with Crippen LogP contribution in [0, 0.1) is 0 Å². The van der Waals surface area contributed by atoms with Gasteiger partial charge < -0.3 is 19.8 Å². The van der Waals surface area contributed by atoms with Gasteiger partial charge in [-0.1, -0.05) is 30.3 Å². The van der Waals surface area contributed by atoms with E-state index in [1.807, 2.05) is 30.3 Å². The Bertz CT molecular complexity index is 876. The second-order valence-electron chi connectivity index (χ2n) is 5.77. The van der Waals surface area contributed by atoms with Crippen LogP contribution in [0.3, 0.4) is 0 Å². The molecule has 6 heteroatoms. The molecule has 6 nitrogen and oxygen atoms in total. The lowest BCUT2D eigenvalue weighted by atomic mass is 10.1. The summed E-state index contributed by atoms with van der Waals surface area (Å²) in [6.45, 7) is 0.529. The third-order valence-corrected chi connectivity index (χ3v) is 3.79. The first-order valence-electron chi connectivity index (χ1n) is 8.59. The van der Waals surface area contributed by atoms with Gasteiger partial charge in [0.2, 0.25) is 5.91 Å². The van der Waals surface area contributed by atoms with Crippen molar-refractivity contribution in [2.75, 3.05) is 11.9 Å². The maximum atomic E-state index is 12.4. The molecule has 0 aliphatic rings. The summed E-state index contributed by atoms with van der Waals surface area (Å²) >= 11 is 0. The summed E-state index contributed by atoms with van der Waals surface area (Å²) in [5.41, 5.74) is 0.848. The van der Waals surface area contributed by atoms with E-state index >= 15 is 0 Å². The molecule has 1 aromatic heterocycles. The average Bonchev–Trinajstić information content (AvgIpc) is 3.21. The molecule has 0 aliphatic heterocycles. The Kier molecular flexibility index (Phi) is 6.25. The highest BCUT2D eigenvalue weighted by Gasteiger charge is 2.13. The molecule has 0 bridgehead atoms. The number of nitrogens with one attached hydrogen (secondary N) is 2. The molecule has 0 fully saturated rings. The Balaban J connectivity index is 1.53. The number of furan rings is 1. The Morgan fingerprint density at radius 1 is 0.926 bits per heavy atom. The van der Waals surface area contributed by atoms with E-state index in [-0.39, 0.29) is 31.4 Å². The Hall–Kier alpha value is -3.54. The largest absolute Gasteiger partial charge is 0.493 e. The van der Waals surface area contributed by atoms with Gasteiger partial charge in [-0.25, -0.2) is 0 Å². The summed E-state index contributed by atoms with van der Waals surface area (Å²) in [6.07, 6.45) is 1.73. The minimum atomic E-state index is -0.289. The van der Waals surface area contributed by atoms with E-state index in [0.717, 1.165) is 0 Å². The molecule has 0 spiro atoms. The van der Waals surface area contributed by atoms with Crippen molar-refractivity contribution in [1.29, 1.82) is 0 Å². The van der Waals surface area contributed by atoms with Crippen molar-refractivity contribution in [3.63, 3.8) is 0 Å². The van der Waals surface area contributed by atoms with E-state index in [2.05, 4.69) is 10.6 Å².